The number of ether oxygens (including phenoxy) is 10. The first-order valence-electron chi connectivity index (χ1n) is 21.3. The highest BCUT2D eigenvalue weighted by Gasteiger charge is 2.57. The zero-order valence-corrected chi connectivity index (χ0v) is 39.0. The average molecular weight is 1020 g/mol. The Morgan fingerprint density at radius 1 is 0.500 bits per heavy atom. The normalized spacial score (nSPS) is 23.1. The molecule has 1 N–H and O–H groups in total. The predicted molar refractivity (Wildman–Crippen MR) is 247 cm³/mol. The minimum absolute atomic E-state index is 0.0224. The van der Waals surface area contributed by atoms with Gasteiger partial charge in [-0.3, -0.25) is 10.2 Å². The molecule has 0 bridgehead atoms. The van der Waals surface area contributed by atoms with Crippen molar-refractivity contribution in [1.82, 2.24) is 0 Å². The monoisotopic (exact) mass is 1020 g/mol. The highest BCUT2D eigenvalue weighted by Crippen LogP contribution is 2.36. The lowest BCUT2D eigenvalue weighted by molar-refractivity contribution is -0.337. The third kappa shape index (κ3) is 13.3. The fourth-order valence-electron chi connectivity index (χ4n) is 7.18. The molecule has 9 atom stereocenters. The Balaban J connectivity index is 1.33. The lowest BCUT2D eigenvalue weighted by atomic mass is 9.97. The summed E-state index contributed by atoms with van der Waals surface area (Å²) in [5, 5.41) is 8.29. The number of hydrogen-bond acceptors (Lipinski definition) is 17. The highest BCUT2D eigenvalue weighted by molar-refractivity contribution is 6.76. The van der Waals surface area contributed by atoms with Gasteiger partial charge in [-0.15, -0.1) is 0 Å². The van der Waals surface area contributed by atoms with Gasteiger partial charge < -0.3 is 47.4 Å². The molecule has 0 aliphatic carbocycles. The molecule has 364 valence electrons. The van der Waals surface area contributed by atoms with Crippen molar-refractivity contribution in [3.8, 4) is 0 Å². The van der Waals surface area contributed by atoms with Gasteiger partial charge in [-0.2, -0.15) is 0 Å². The molecule has 2 aliphatic rings. The van der Waals surface area contributed by atoms with Gasteiger partial charge in [0.05, 0.1) is 34.4 Å². The van der Waals surface area contributed by atoms with E-state index >= 15 is 0 Å². The predicted octanol–water partition coefficient (Wildman–Crippen LogP) is 7.51. The molecule has 0 spiro atoms. The molecule has 2 fully saturated rings. The van der Waals surface area contributed by atoms with Crippen molar-refractivity contribution in [2.75, 3.05) is 13.2 Å². The summed E-state index contributed by atoms with van der Waals surface area (Å²) in [7, 11) is 0. The van der Waals surface area contributed by atoms with E-state index < -0.39 is 114 Å². The lowest BCUT2D eigenvalue weighted by Gasteiger charge is -2.47. The first kappa shape index (κ1) is 51.0. The second-order valence-corrected chi connectivity index (χ2v) is 17.6. The number of halogens is 3. The molecule has 0 aromatic heterocycles. The zero-order valence-electron chi connectivity index (χ0n) is 36.7. The summed E-state index contributed by atoms with van der Waals surface area (Å²) in [6, 6.07) is 38.7. The van der Waals surface area contributed by atoms with Gasteiger partial charge in [0.2, 0.25) is 18.3 Å². The molecule has 0 saturated carbocycles. The van der Waals surface area contributed by atoms with Crippen LogP contribution in [0.2, 0.25) is 0 Å². The quantitative estimate of drug-likeness (QED) is 0.0353. The highest BCUT2D eigenvalue weighted by atomic mass is 35.6. The summed E-state index contributed by atoms with van der Waals surface area (Å²) in [5.74, 6) is -6.59. The maximum absolute atomic E-state index is 14.1. The van der Waals surface area contributed by atoms with E-state index in [0.717, 1.165) is 6.92 Å². The van der Waals surface area contributed by atoms with Crippen LogP contribution in [-0.2, 0) is 52.2 Å². The van der Waals surface area contributed by atoms with Crippen LogP contribution in [-0.4, -0.2) is 114 Å². The molecule has 0 radical (unpaired) electrons. The van der Waals surface area contributed by atoms with Gasteiger partial charge >= 0.3 is 35.8 Å². The van der Waals surface area contributed by atoms with Crippen LogP contribution in [0.4, 0.5) is 0 Å². The Morgan fingerprint density at radius 3 is 1.27 bits per heavy atom. The number of alkyl halides is 3. The molecule has 17 nitrogen and oxygen atoms in total. The number of nitrogens with one attached hydrogen (secondary N) is 1. The van der Waals surface area contributed by atoms with E-state index in [4.69, 9.17) is 87.6 Å². The second-order valence-electron chi connectivity index (χ2n) is 15.3. The molecule has 7 rings (SSSR count). The van der Waals surface area contributed by atoms with Crippen molar-refractivity contribution < 1.29 is 76.1 Å². The molecule has 20 heteroatoms. The van der Waals surface area contributed by atoms with Gasteiger partial charge in [-0.1, -0.05) is 126 Å². The van der Waals surface area contributed by atoms with Crippen molar-refractivity contribution in [3.05, 3.63) is 179 Å². The minimum Gasteiger partial charge on any atom is -0.459 e. The topological polar surface area (TPSA) is 219 Å². The molecular formula is C50H42Cl3NO16. The third-order valence-corrected chi connectivity index (χ3v) is 11.0. The standard InChI is InChI=1S/C50H42Cl3NO16/c1-29(55)63-38-36(28-62-47(70-49(54)50(51,52)53)40(38)68-45(59)33-23-13-5-14-24-33)65-48-41(69-46(60)34-25-15-6-16-26-34)39(67-44(58)32-21-11-4-12-22-32)37(66-43(57)31-19-9-3-10-20-31)35(64-48)27-61-42(56)30-17-7-2-8-18-30/h2-26,35-41,47-48,54H,27-28H2,1H3/t35?,36-,37+,38+,39+,40?,41?,47?,48+/m1/s1. The maximum atomic E-state index is 14.1. The molecule has 0 amide bonds. The van der Waals surface area contributed by atoms with E-state index in [9.17, 15) is 28.8 Å². The summed E-state index contributed by atoms with van der Waals surface area (Å²) >= 11 is 17.8. The van der Waals surface area contributed by atoms with E-state index in [1.807, 2.05) is 0 Å². The molecule has 2 saturated heterocycles. The minimum atomic E-state index is -2.43. The van der Waals surface area contributed by atoms with Crippen molar-refractivity contribution in [2.45, 2.75) is 66.0 Å². The molecule has 5 aromatic carbocycles. The van der Waals surface area contributed by atoms with Crippen LogP contribution in [0.1, 0.15) is 58.7 Å². The number of esters is 6. The van der Waals surface area contributed by atoms with Gasteiger partial charge in [0.15, 0.2) is 30.7 Å². The molecule has 70 heavy (non-hydrogen) atoms. The van der Waals surface area contributed by atoms with Crippen molar-refractivity contribution in [2.24, 2.45) is 0 Å². The van der Waals surface area contributed by atoms with Crippen LogP contribution in [0, 0.1) is 5.41 Å². The van der Waals surface area contributed by atoms with E-state index in [-0.39, 0.29) is 27.8 Å². The summed E-state index contributed by atoms with van der Waals surface area (Å²) < 4.78 is 57.8. The van der Waals surface area contributed by atoms with Crippen molar-refractivity contribution in [1.29, 1.82) is 5.41 Å². The summed E-state index contributed by atoms with van der Waals surface area (Å²) in [6.45, 7) is -0.270. The Morgan fingerprint density at radius 2 is 0.871 bits per heavy atom. The average Bonchev–Trinajstić information content (AvgIpc) is 3.37. The van der Waals surface area contributed by atoms with E-state index in [1.54, 1.807) is 91.0 Å². The maximum Gasteiger partial charge on any atom is 0.338 e. The summed E-state index contributed by atoms with van der Waals surface area (Å²) in [4.78, 5) is 82.3. The number of benzene rings is 5. The summed E-state index contributed by atoms with van der Waals surface area (Å²) in [6.07, 6.45) is -15.8. The first-order valence-corrected chi connectivity index (χ1v) is 22.5. The van der Waals surface area contributed by atoms with Crippen molar-refractivity contribution in [3.63, 3.8) is 0 Å². The van der Waals surface area contributed by atoms with Crippen LogP contribution in [0.5, 0.6) is 0 Å². The van der Waals surface area contributed by atoms with Gasteiger partial charge in [-0.25, -0.2) is 24.0 Å². The number of carbonyl (C=O) groups is 6. The van der Waals surface area contributed by atoms with E-state index in [1.165, 1.54) is 60.7 Å². The molecular weight excluding hydrogens is 977 g/mol. The lowest BCUT2D eigenvalue weighted by Crippen LogP contribution is -2.65. The molecule has 4 unspecified atom stereocenters. The Kier molecular flexibility index (Phi) is 17.2. The van der Waals surface area contributed by atoms with Gasteiger partial charge in [-0.05, 0) is 60.7 Å². The largest absolute Gasteiger partial charge is 0.459 e. The van der Waals surface area contributed by atoms with Crippen LogP contribution in [0.15, 0.2) is 152 Å². The SMILES string of the molecule is CC(=O)O[C@@H]1C(OC(=O)c2ccccc2)C(OC(=N)C(Cl)(Cl)Cl)OC[C@H]1O[C@@H]1OC(COC(=O)c2ccccc2)[C@H](OC(=O)c2ccccc2)[C@H](OC(=O)c2ccccc2)C1OC(=O)c1ccccc1. The van der Waals surface area contributed by atoms with Crippen molar-refractivity contribution >= 4 is 76.5 Å². The molecule has 5 aromatic rings. The van der Waals surface area contributed by atoms with Crippen LogP contribution >= 0.6 is 34.8 Å². The van der Waals surface area contributed by atoms with Crippen LogP contribution in [0.3, 0.4) is 0 Å². The number of rotatable bonds is 15. The van der Waals surface area contributed by atoms with E-state index in [2.05, 4.69) is 0 Å². The number of carbonyl (C=O) groups excluding carboxylic acids is 6. The third-order valence-electron chi connectivity index (χ3n) is 10.5. The van der Waals surface area contributed by atoms with Gasteiger partial charge in [0.1, 0.15) is 18.8 Å². The van der Waals surface area contributed by atoms with Crippen LogP contribution in [0.25, 0.3) is 0 Å². The summed E-state index contributed by atoms with van der Waals surface area (Å²) in [5.41, 5.74) is 0.299. The first-order chi connectivity index (χ1) is 33.7. The fourth-order valence-corrected chi connectivity index (χ4v) is 7.31. The zero-order chi connectivity index (χ0) is 49.8. The smallest absolute Gasteiger partial charge is 0.338 e. The molecule has 2 heterocycles. The van der Waals surface area contributed by atoms with Crippen LogP contribution < -0.4 is 0 Å². The number of hydrogen-bond donors (Lipinski definition) is 1. The Bertz CT molecular complexity index is 2610. The van der Waals surface area contributed by atoms with Gasteiger partial charge in [0, 0.05) is 6.92 Å². The molecule has 2 aliphatic heterocycles. The Hall–Kier alpha value is -6.86. The van der Waals surface area contributed by atoms with E-state index in [0.29, 0.717) is 0 Å². The Labute approximate surface area is 415 Å². The second kappa shape index (κ2) is 23.6. The van der Waals surface area contributed by atoms with Gasteiger partial charge in [0.25, 0.3) is 3.79 Å². The fraction of sp³-hybridized carbons (Fsp3) is 0.260.